The number of anilines is 1. The van der Waals surface area contributed by atoms with Crippen molar-refractivity contribution in [2.45, 2.75) is 19.5 Å². The average molecular weight is 395 g/mol. The van der Waals surface area contributed by atoms with Crippen molar-refractivity contribution in [3.63, 3.8) is 0 Å². The molecule has 0 spiro atoms. The topological polar surface area (TPSA) is 75.8 Å². The third-order valence-electron chi connectivity index (χ3n) is 3.72. The lowest BCUT2D eigenvalue weighted by molar-refractivity contribution is -0.885. The quantitative estimate of drug-likeness (QED) is 0.660. The predicted molar refractivity (Wildman–Crippen MR) is 94.5 cm³/mol. The largest absolute Gasteiger partial charge is 0.467 e. The van der Waals surface area contributed by atoms with Gasteiger partial charge in [0.1, 0.15) is 5.76 Å². The van der Waals surface area contributed by atoms with Crippen molar-refractivity contribution in [2.75, 3.05) is 18.9 Å². The predicted octanol–water partition coefficient (Wildman–Crippen LogP) is 1.20. The minimum absolute atomic E-state index is 0.131. The summed E-state index contributed by atoms with van der Waals surface area (Å²) in [5.41, 5.74) is 0.727. The van der Waals surface area contributed by atoms with Gasteiger partial charge in [-0.3, -0.25) is 9.59 Å². The maximum Gasteiger partial charge on any atom is 0.282 e. The molecule has 6 nitrogen and oxygen atoms in total. The number of quaternary nitrogens is 1. The van der Waals surface area contributed by atoms with Crippen LogP contribution in [0, 0.1) is 0 Å². The summed E-state index contributed by atoms with van der Waals surface area (Å²) in [7, 11) is 1.82. The molecule has 3 N–H and O–H groups in total. The first-order chi connectivity index (χ1) is 11.5. The van der Waals surface area contributed by atoms with Gasteiger partial charge in [0, 0.05) is 10.2 Å². The molecule has 0 saturated heterocycles. The smallest absolute Gasteiger partial charge is 0.282 e. The number of hydrogen-bond acceptors (Lipinski definition) is 3. The zero-order chi connectivity index (χ0) is 17.5. The number of rotatable bonds is 7. The molecule has 1 heterocycles. The molecule has 0 aliphatic heterocycles. The molecule has 0 radical (unpaired) electrons. The molecule has 0 aliphatic rings. The van der Waals surface area contributed by atoms with Gasteiger partial charge in [-0.05, 0) is 43.3 Å². The van der Waals surface area contributed by atoms with Gasteiger partial charge in [0.15, 0.2) is 12.6 Å². The Hall–Kier alpha value is -2.12. The van der Waals surface area contributed by atoms with Crippen LogP contribution in [-0.4, -0.2) is 31.4 Å². The Balaban J connectivity index is 1.79. The fraction of sp³-hybridized carbons (Fsp3) is 0.294. The number of likely N-dealkylation sites (N-methyl/N-ethyl adjacent to an activating group) is 1. The number of furan rings is 1. The van der Waals surface area contributed by atoms with Crippen LogP contribution in [0.5, 0.6) is 0 Å². The van der Waals surface area contributed by atoms with Gasteiger partial charge in [0.2, 0.25) is 0 Å². The highest BCUT2D eigenvalue weighted by atomic mass is 79.9. The zero-order valence-electron chi connectivity index (χ0n) is 13.6. The average Bonchev–Trinajstić information content (AvgIpc) is 3.07. The maximum atomic E-state index is 12.3. The lowest BCUT2D eigenvalue weighted by Crippen LogP contribution is -3.15. The molecule has 0 fully saturated rings. The van der Waals surface area contributed by atoms with Gasteiger partial charge in [0.25, 0.3) is 11.8 Å². The van der Waals surface area contributed by atoms with Gasteiger partial charge in [-0.15, -0.1) is 0 Å². The molecule has 1 aromatic carbocycles. The van der Waals surface area contributed by atoms with E-state index < -0.39 is 0 Å². The highest BCUT2D eigenvalue weighted by Crippen LogP contribution is 2.14. The highest BCUT2D eigenvalue weighted by molar-refractivity contribution is 9.10. The minimum Gasteiger partial charge on any atom is -0.467 e. The lowest BCUT2D eigenvalue weighted by atomic mass is 10.2. The van der Waals surface area contributed by atoms with Crippen LogP contribution in [0.25, 0.3) is 0 Å². The van der Waals surface area contributed by atoms with Crippen molar-refractivity contribution in [3.8, 4) is 0 Å². The van der Waals surface area contributed by atoms with E-state index >= 15 is 0 Å². The van der Waals surface area contributed by atoms with E-state index in [1.165, 1.54) is 0 Å². The first-order valence-corrected chi connectivity index (χ1v) is 8.43. The number of amides is 2. The molecule has 7 heteroatoms. The van der Waals surface area contributed by atoms with Crippen LogP contribution in [0.2, 0.25) is 0 Å². The molecule has 128 valence electrons. The molecule has 0 aliphatic carbocycles. The Morgan fingerprint density at radius 3 is 2.58 bits per heavy atom. The monoisotopic (exact) mass is 394 g/mol. The van der Waals surface area contributed by atoms with Crippen molar-refractivity contribution >= 4 is 33.4 Å². The van der Waals surface area contributed by atoms with Crippen molar-refractivity contribution in [1.82, 2.24) is 5.32 Å². The molecule has 1 unspecified atom stereocenters. The van der Waals surface area contributed by atoms with Crippen LogP contribution in [0.4, 0.5) is 5.69 Å². The van der Waals surface area contributed by atoms with Gasteiger partial charge in [0.05, 0.1) is 19.9 Å². The van der Waals surface area contributed by atoms with Gasteiger partial charge in [-0.25, -0.2) is 0 Å². The fourth-order valence-corrected chi connectivity index (χ4v) is 2.34. The molecular formula is C17H21BrN3O3+. The number of benzene rings is 1. The van der Waals surface area contributed by atoms with E-state index in [1.54, 1.807) is 25.3 Å². The van der Waals surface area contributed by atoms with Crippen LogP contribution < -0.4 is 15.5 Å². The number of carbonyl (C=O) groups is 2. The Bertz CT molecular complexity index is 671. The van der Waals surface area contributed by atoms with E-state index in [9.17, 15) is 9.59 Å². The van der Waals surface area contributed by atoms with Crippen LogP contribution >= 0.6 is 15.9 Å². The summed E-state index contributed by atoms with van der Waals surface area (Å²) in [6.07, 6.45) is 1.56. The van der Waals surface area contributed by atoms with Crippen LogP contribution in [0.3, 0.4) is 0 Å². The molecule has 0 bridgehead atoms. The third-order valence-corrected chi connectivity index (χ3v) is 4.25. The summed E-state index contributed by atoms with van der Waals surface area (Å²) in [6.45, 7) is 2.34. The Labute approximate surface area is 149 Å². The minimum atomic E-state index is -0.358. The number of hydrogen-bond donors (Lipinski definition) is 3. The Morgan fingerprint density at radius 1 is 1.25 bits per heavy atom. The Kier molecular flexibility index (Phi) is 6.57. The van der Waals surface area contributed by atoms with E-state index in [1.807, 2.05) is 31.3 Å². The summed E-state index contributed by atoms with van der Waals surface area (Å²) in [5, 5.41) is 5.63. The van der Waals surface area contributed by atoms with Crippen LogP contribution in [0.15, 0.2) is 51.6 Å². The summed E-state index contributed by atoms with van der Waals surface area (Å²) >= 11 is 3.35. The van der Waals surface area contributed by atoms with E-state index in [0.717, 1.165) is 15.1 Å². The van der Waals surface area contributed by atoms with Gasteiger partial charge in [-0.2, -0.15) is 0 Å². The highest BCUT2D eigenvalue weighted by Gasteiger charge is 2.23. The van der Waals surface area contributed by atoms with Crippen molar-refractivity contribution in [1.29, 1.82) is 0 Å². The summed E-state index contributed by atoms with van der Waals surface area (Å²) in [4.78, 5) is 25.0. The molecular weight excluding hydrogens is 374 g/mol. The summed E-state index contributed by atoms with van der Waals surface area (Å²) < 4.78 is 6.11. The molecule has 0 saturated carbocycles. The van der Waals surface area contributed by atoms with E-state index in [2.05, 4.69) is 26.6 Å². The van der Waals surface area contributed by atoms with Crippen molar-refractivity contribution in [3.05, 3.63) is 52.9 Å². The lowest BCUT2D eigenvalue weighted by Gasteiger charge is -2.20. The van der Waals surface area contributed by atoms with Crippen LogP contribution in [0.1, 0.15) is 12.7 Å². The van der Waals surface area contributed by atoms with E-state index in [0.29, 0.717) is 12.3 Å². The van der Waals surface area contributed by atoms with Crippen LogP contribution in [-0.2, 0) is 16.1 Å². The van der Waals surface area contributed by atoms with Gasteiger partial charge >= 0.3 is 0 Å². The van der Waals surface area contributed by atoms with Crippen molar-refractivity contribution in [2.24, 2.45) is 0 Å². The second-order valence-electron chi connectivity index (χ2n) is 5.60. The number of nitrogens with one attached hydrogen (secondary N) is 3. The normalized spacial score (nSPS) is 13.1. The first kappa shape index (κ1) is 18.2. The Morgan fingerprint density at radius 2 is 1.96 bits per heavy atom. The van der Waals surface area contributed by atoms with E-state index in [4.69, 9.17) is 4.42 Å². The molecule has 2 aromatic rings. The fourth-order valence-electron chi connectivity index (χ4n) is 2.08. The summed E-state index contributed by atoms with van der Waals surface area (Å²) in [6, 6.07) is 10.6. The first-order valence-electron chi connectivity index (χ1n) is 7.63. The molecule has 24 heavy (non-hydrogen) atoms. The molecule has 2 amide bonds. The molecule has 2 atom stereocenters. The molecule has 2 rings (SSSR count). The third kappa shape index (κ3) is 5.50. The summed E-state index contributed by atoms with van der Waals surface area (Å²) in [5.74, 6) is 0.433. The standard InChI is InChI=1S/C17H20BrN3O3/c1-12(17(23)20-14-7-5-13(18)6-8-14)21(2)11-16(22)19-10-15-4-3-9-24-15/h3-9,12H,10-11H2,1-2H3,(H,19,22)(H,20,23)/p+1/t12-/m0/s1. The maximum absolute atomic E-state index is 12.3. The number of halogens is 1. The SMILES string of the molecule is C[C@@H](C(=O)Nc1ccc(Br)cc1)[NH+](C)CC(=O)NCc1ccco1. The van der Waals surface area contributed by atoms with Gasteiger partial charge < -0.3 is 20.0 Å². The second kappa shape index (κ2) is 8.65. The van der Waals surface area contributed by atoms with E-state index in [-0.39, 0.29) is 24.4 Å². The molecule has 1 aromatic heterocycles. The zero-order valence-corrected chi connectivity index (χ0v) is 15.2. The van der Waals surface area contributed by atoms with Gasteiger partial charge in [-0.1, -0.05) is 15.9 Å². The number of carbonyl (C=O) groups excluding carboxylic acids is 2. The second-order valence-corrected chi connectivity index (χ2v) is 6.51. The van der Waals surface area contributed by atoms with Crippen molar-refractivity contribution < 1.29 is 18.9 Å².